The van der Waals surface area contributed by atoms with Crippen molar-refractivity contribution in [3.8, 4) is 5.75 Å². The number of carbonyl (C=O) groups is 2. The van der Waals surface area contributed by atoms with Gasteiger partial charge in [-0.3, -0.25) is 9.59 Å². The molecule has 0 saturated carbocycles. The van der Waals surface area contributed by atoms with Crippen molar-refractivity contribution in [1.82, 2.24) is 5.32 Å². The number of amides is 2. The van der Waals surface area contributed by atoms with Crippen molar-refractivity contribution in [2.75, 3.05) is 5.32 Å². The molecule has 5 heteroatoms. The van der Waals surface area contributed by atoms with Gasteiger partial charge in [-0.15, -0.1) is 0 Å². The maximum atomic E-state index is 12.7. The molecular formula is C24H24N2O3. The first-order valence-corrected chi connectivity index (χ1v) is 9.52. The van der Waals surface area contributed by atoms with Crippen molar-refractivity contribution in [1.29, 1.82) is 0 Å². The molecule has 0 saturated heterocycles. The summed E-state index contributed by atoms with van der Waals surface area (Å²) in [6.45, 7) is 4.27. The van der Waals surface area contributed by atoms with Crippen LogP contribution in [0.2, 0.25) is 0 Å². The highest BCUT2D eigenvalue weighted by Gasteiger charge is 2.14. The van der Waals surface area contributed by atoms with E-state index in [-0.39, 0.29) is 17.9 Å². The van der Waals surface area contributed by atoms with Gasteiger partial charge in [0.1, 0.15) is 5.75 Å². The number of ether oxygens (including phenoxy) is 1. The highest BCUT2D eigenvalue weighted by atomic mass is 16.5. The minimum absolute atomic E-state index is 0.0161. The van der Waals surface area contributed by atoms with Crippen LogP contribution in [-0.2, 0) is 6.54 Å². The number of para-hydroxylation sites is 1. The molecule has 3 aromatic carbocycles. The third kappa shape index (κ3) is 5.69. The fourth-order valence-corrected chi connectivity index (χ4v) is 2.84. The molecule has 5 nitrogen and oxygen atoms in total. The number of anilines is 1. The summed E-state index contributed by atoms with van der Waals surface area (Å²) in [7, 11) is 0. The van der Waals surface area contributed by atoms with Gasteiger partial charge in [-0.1, -0.05) is 48.5 Å². The van der Waals surface area contributed by atoms with Crippen molar-refractivity contribution >= 4 is 17.5 Å². The third-order valence-electron chi connectivity index (χ3n) is 4.18. The third-order valence-corrected chi connectivity index (χ3v) is 4.18. The number of hydrogen-bond acceptors (Lipinski definition) is 3. The van der Waals surface area contributed by atoms with E-state index in [4.69, 9.17) is 4.74 Å². The van der Waals surface area contributed by atoms with Crippen molar-refractivity contribution in [2.45, 2.75) is 26.5 Å². The first kappa shape index (κ1) is 20.1. The lowest BCUT2D eigenvalue weighted by molar-refractivity contribution is 0.0951. The molecule has 3 rings (SSSR count). The van der Waals surface area contributed by atoms with Gasteiger partial charge in [0.2, 0.25) is 0 Å². The summed E-state index contributed by atoms with van der Waals surface area (Å²) in [5.74, 6) is 0.0747. The molecule has 0 atom stereocenters. The largest absolute Gasteiger partial charge is 0.491 e. The number of hydrogen-bond donors (Lipinski definition) is 2. The molecule has 0 bridgehead atoms. The van der Waals surface area contributed by atoms with Crippen LogP contribution in [-0.4, -0.2) is 17.9 Å². The normalized spacial score (nSPS) is 10.4. The molecule has 0 aromatic heterocycles. The summed E-state index contributed by atoms with van der Waals surface area (Å²) >= 11 is 0. The van der Waals surface area contributed by atoms with Crippen LogP contribution in [0.3, 0.4) is 0 Å². The Bertz CT molecular complexity index is 984. The maximum Gasteiger partial charge on any atom is 0.255 e. The Hall–Kier alpha value is -3.60. The van der Waals surface area contributed by atoms with Crippen LogP contribution in [0.15, 0.2) is 78.9 Å². The van der Waals surface area contributed by atoms with Crippen molar-refractivity contribution < 1.29 is 14.3 Å². The highest BCUT2D eigenvalue weighted by molar-refractivity contribution is 6.09. The Morgan fingerprint density at radius 3 is 2.34 bits per heavy atom. The van der Waals surface area contributed by atoms with E-state index in [0.29, 0.717) is 29.1 Å². The number of benzene rings is 3. The summed E-state index contributed by atoms with van der Waals surface area (Å²) in [5, 5.41) is 5.72. The quantitative estimate of drug-likeness (QED) is 0.619. The van der Waals surface area contributed by atoms with E-state index in [1.807, 2.05) is 50.2 Å². The van der Waals surface area contributed by atoms with Crippen LogP contribution in [0.1, 0.15) is 40.1 Å². The smallest absolute Gasteiger partial charge is 0.255 e. The van der Waals surface area contributed by atoms with Gasteiger partial charge < -0.3 is 15.4 Å². The first-order chi connectivity index (χ1) is 14.0. The molecule has 29 heavy (non-hydrogen) atoms. The van der Waals surface area contributed by atoms with Gasteiger partial charge in [0.25, 0.3) is 11.8 Å². The zero-order valence-electron chi connectivity index (χ0n) is 16.5. The molecule has 0 spiro atoms. The molecule has 0 unspecified atom stereocenters. The maximum absolute atomic E-state index is 12.7. The van der Waals surface area contributed by atoms with Crippen LogP contribution >= 0.6 is 0 Å². The Morgan fingerprint density at radius 1 is 0.862 bits per heavy atom. The topological polar surface area (TPSA) is 67.4 Å². The molecule has 0 radical (unpaired) electrons. The monoisotopic (exact) mass is 388 g/mol. The average molecular weight is 388 g/mol. The van der Waals surface area contributed by atoms with E-state index in [1.165, 1.54) is 0 Å². The fourth-order valence-electron chi connectivity index (χ4n) is 2.84. The average Bonchev–Trinajstić information content (AvgIpc) is 2.73. The second-order valence-corrected chi connectivity index (χ2v) is 6.86. The lowest BCUT2D eigenvalue weighted by Gasteiger charge is -2.13. The van der Waals surface area contributed by atoms with Gasteiger partial charge >= 0.3 is 0 Å². The summed E-state index contributed by atoms with van der Waals surface area (Å²) in [4.78, 5) is 25.4. The summed E-state index contributed by atoms with van der Waals surface area (Å²) < 4.78 is 5.65. The van der Waals surface area contributed by atoms with Crippen molar-refractivity contribution in [2.24, 2.45) is 0 Å². The van der Waals surface area contributed by atoms with Crippen LogP contribution in [0.4, 0.5) is 5.69 Å². The Morgan fingerprint density at radius 2 is 1.59 bits per heavy atom. The number of carbonyl (C=O) groups excluding carboxylic acids is 2. The SMILES string of the molecule is CC(C)Oc1cccc(C(=O)Nc2ccccc2C(=O)NCc2ccccc2)c1. The van der Waals surface area contributed by atoms with Crippen molar-refractivity contribution in [3.05, 3.63) is 95.6 Å². The molecule has 0 aliphatic heterocycles. The van der Waals surface area contributed by atoms with Gasteiger partial charge in [-0.25, -0.2) is 0 Å². The lowest BCUT2D eigenvalue weighted by atomic mass is 10.1. The van der Waals surface area contributed by atoms with Crippen LogP contribution in [0, 0.1) is 0 Å². The summed E-state index contributed by atoms with van der Waals surface area (Å²) in [6.07, 6.45) is 0.0161. The highest BCUT2D eigenvalue weighted by Crippen LogP contribution is 2.19. The molecule has 3 aromatic rings. The zero-order chi connectivity index (χ0) is 20.6. The van der Waals surface area contributed by atoms with Gasteiger partial charge in [0.05, 0.1) is 17.4 Å². The van der Waals surface area contributed by atoms with E-state index in [9.17, 15) is 9.59 Å². The second kappa shape index (κ2) is 9.55. The van der Waals surface area contributed by atoms with Crippen LogP contribution in [0.25, 0.3) is 0 Å². The summed E-state index contributed by atoms with van der Waals surface area (Å²) in [5.41, 5.74) is 2.33. The Labute approximate surface area is 170 Å². The van der Waals surface area contributed by atoms with Gasteiger partial charge in [-0.05, 0) is 49.7 Å². The second-order valence-electron chi connectivity index (χ2n) is 6.86. The number of rotatable bonds is 7. The molecule has 0 heterocycles. The van der Waals surface area contributed by atoms with E-state index >= 15 is 0 Å². The fraction of sp³-hybridized carbons (Fsp3) is 0.167. The molecule has 0 fully saturated rings. The van der Waals surface area contributed by atoms with E-state index in [1.54, 1.807) is 42.5 Å². The van der Waals surface area contributed by atoms with E-state index in [2.05, 4.69) is 10.6 Å². The predicted molar refractivity (Wildman–Crippen MR) is 114 cm³/mol. The van der Waals surface area contributed by atoms with Crippen LogP contribution < -0.4 is 15.4 Å². The van der Waals surface area contributed by atoms with Crippen molar-refractivity contribution in [3.63, 3.8) is 0 Å². The van der Waals surface area contributed by atoms with Gasteiger partial charge in [0, 0.05) is 12.1 Å². The molecule has 2 N–H and O–H groups in total. The van der Waals surface area contributed by atoms with E-state index in [0.717, 1.165) is 5.56 Å². The number of nitrogens with one attached hydrogen (secondary N) is 2. The van der Waals surface area contributed by atoms with Crippen LogP contribution in [0.5, 0.6) is 5.75 Å². The minimum atomic E-state index is -0.303. The lowest BCUT2D eigenvalue weighted by Crippen LogP contribution is -2.24. The molecule has 2 amide bonds. The van der Waals surface area contributed by atoms with Gasteiger partial charge in [-0.2, -0.15) is 0 Å². The van der Waals surface area contributed by atoms with E-state index < -0.39 is 0 Å². The zero-order valence-corrected chi connectivity index (χ0v) is 16.5. The standard InChI is InChI=1S/C24H24N2O3/c1-17(2)29-20-12-8-11-19(15-20)23(27)26-22-14-7-6-13-21(22)24(28)25-16-18-9-4-3-5-10-18/h3-15,17H,16H2,1-2H3,(H,25,28)(H,26,27). The molecule has 0 aliphatic rings. The molecule has 0 aliphatic carbocycles. The molecule has 148 valence electrons. The Kier molecular flexibility index (Phi) is 6.63. The summed E-state index contributed by atoms with van der Waals surface area (Å²) in [6, 6.07) is 23.6. The molecular weight excluding hydrogens is 364 g/mol. The first-order valence-electron chi connectivity index (χ1n) is 9.52. The predicted octanol–water partition coefficient (Wildman–Crippen LogP) is 4.66. The minimum Gasteiger partial charge on any atom is -0.491 e. The van der Waals surface area contributed by atoms with Gasteiger partial charge in [0.15, 0.2) is 0 Å². The Balaban J connectivity index is 1.71.